The summed E-state index contributed by atoms with van der Waals surface area (Å²) in [6, 6.07) is 3.15. The summed E-state index contributed by atoms with van der Waals surface area (Å²) in [5.41, 5.74) is 5.54. The lowest BCUT2D eigenvalue weighted by molar-refractivity contribution is 0.0995. The van der Waals surface area contributed by atoms with E-state index < -0.39 is 5.91 Å². The van der Waals surface area contributed by atoms with Gasteiger partial charge in [0.05, 0.1) is 13.7 Å². The zero-order valence-corrected chi connectivity index (χ0v) is 10.9. The van der Waals surface area contributed by atoms with Crippen LogP contribution in [0.25, 0.3) is 0 Å². The molecule has 0 aliphatic heterocycles. The number of carbonyl (C=O) groups excluding carboxylic acids is 1. The third kappa shape index (κ3) is 4.24. The predicted octanol–water partition coefficient (Wildman–Crippen LogP) is 2.15. The first-order valence-electron chi connectivity index (χ1n) is 6.16. The van der Waals surface area contributed by atoms with E-state index in [0.717, 1.165) is 12.8 Å². The van der Waals surface area contributed by atoms with E-state index in [9.17, 15) is 4.79 Å². The zero-order valence-electron chi connectivity index (χ0n) is 10.9. The number of hydrogen-bond donors (Lipinski definition) is 1. The summed E-state index contributed by atoms with van der Waals surface area (Å²) in [5.74, 6) is 0.107. The molecular weight excluding hydrogens is 232 g/mol. The van der Waals surface area contributed by atoms with E-state index in [1.807, 2.05) is 0 Å². The Kier molecular flexibility index (Phi) is 5.97. The fourth-order valence-corrected chi connectivity index (χ4v) is 1.53. The van der Waals surface area contributed by atoms with Crippen LogP contribution >= 0.6 is 0 Å². The highest BCUT2D eigenvalue weighted by molar-refractivity contribution is 5.95. The maximum absolute atomic E-state index is 11.2. The van der Waals surface area contributed by atoms with Crippen molar-refractivity contribution in [3.05, 3.63) is 17.7 Å². The van der Waals surface area contributed by atoms with Crippen molar-refractivity contribution in [2.75, 3.05) is 13.7 Å². The third-order valence-corrected chi connectivity index (χ3v) is 2.55. The first-order valence-corrected chi connectivity index (χ1v) is 6.16. The van der Waals surface area contributed by atoms with Gasteiger partial charge in [-0.25, -0.2) is 0 Å². The average molecular weight is 252 g/mol. The molecule has 0 fully saturated rings. The molecule has 0 atom stereocenters. The van der Waals surface area contributed by atoms with Gasteiger partial charge in [-0.05, 0) is 12.5 Å². The second-order valence-corrected chi connectivity index (χ2v) is 3.98. The van der Waals surface area contributed by atoms with Crippen LogP contribution in [-0.4, -0.2) is 24.6 Å². The van der Waals surface area contributed by atoms with Crippen LogP contribution in [0.1, 0.15) is 43.0 Å². The van der Waals surface area contributed by atoms with Gasteiger partial charge in [-0.15, -0.1) is 0 Å². The van der Waals surface area contributed by atoms with Crippen LogP contribution in [-0.2, 0) is 0 Å². The molecule has 0 aliphatic carbocycles. The molecular formula is C13H20N2O3. The van der Waals surface area contributed by atoms with E-state index in [1.54, 1.807) is 12.1 Å². The quantitative estimate of drug-likeness (QED) is 0.719. The van der Waals surface area contributed by atoms with E-state index in [4.69, 9.17) is 15.2 Å². The molecule has 0 aromatic carbocycles. The van der Waals surface area contributed by atoms with Gasteiger partial charge < -0.3 is 15.2 Å². The molecule has 0 radical (unpaired) electrons. The number of pyridine rings is 1. The Balaban J connectivity index is 2.63. The van der Waals surface area contributed by atoms with Crippen molar-refractivity contribution in [3.63, 3.8) is 0 Å². The molecule has 100 valence electrons. The fourth-order valence-electron chi connectivity index (χ4n) is 1.53. The van der Waals surface area contributed by atoms with E-state index in [0.29, 0.717) is 12.5 Å². The number of hydrogen-bond acceptors (Lipinski definition) is 4. The van der Waals surface area contributed by atoms with E-state index in [2.05, 4.69) is 11.9 Å². The van der Waals surface area contributed by atoms with E-state index >= 15 is 0 Å². The van der Waals surface area contributed by atoms with Crippen molar-refractivity contribution in [2.45, 2.75) is 32.6 Å². The van der Waals surface area contributed by atoms with Crippen molar-refractivity contribution in [3.8, 4) is 11.8 Å². The molecule has 0 spiro atoms. The van der Waals surface area contributed by atoms with Crippen molar-refractivity contribution in [1.29, 1.82) is 0 Å². The minimum Gasteiger partial charge on any atom is -0.481 e. The number of primary amides is 1. The molecule has 1 aromatic heterocycles. The van der Waals surface area contributed by atoms with E-state index in [-0.39, 0.29) is 11.4 Å². The summed E-state index contributed by atoms with van der Waals surface area (Å²) in [4.78, 5) is 15.3. The number of amides is 1. The van der Waals surface area contributed by atoms with Crippen molar-refractivity contribution < 1.29 is 14.3 Å². The highest BCUT2D eigenvalue weighted by Gasteiger charge is 2.12. The molecule has 0 bridgehead atoms. The van der Waals surface area contributed by atoms with Crippen LogP contribution in [0.15, 0.2) is 12.1 Å². The number of rotatable bonds is 8. The Morgan fingerprint density at radius 3 is 2.72 bits per heavy atom. The molecule has 2 N–H and O–H groups in total. The molecule has 1 amide bonds. The number of nitrogens with zero attached hydrogens (tertiary/aromatic N) is 1. The van der Waals surface area contributed by atoms with Crippen LogP contribution in [0.2, 0.25) is 0 Å². The fraction of sp³-hybridized carbons (Fsp3) is 0.538. The van der Waals surface area contributed by atoms with Gasteiger partial charge in [-0.1, -0.05) is 26.2 Å². The van der Waals surface area contributed by atoms with E-state index in [1.165, 1.54) is 20.0 Å². The van der Waals surface area contributed by atoms with Gasteiger partial charge in [0, 0.05) is 6.07 Å². The lowest BCUT2D eigenvalue weighted by atomic mass is 10.2. The van der Waals surface area contributed by atoms with Crippen LogP contribution < -0.4 is 15.2 Å². The number of methoxy groups -OCH3 is 1. The molecule has 0 saturated carbocycles. The van der Waals surface area contributed by atoms with Crippen LogP contribution in [0, 0.1) is 0 Å². The Bertz CT molecular complexity index is 394. The third-order valence-electron chi connectivity index (χ3n) is 2.55. The smallest absolute Gasteiger partial charge is 0.254 e. The summed E-state index contributed by atoms with van der Waals surface area (Å²) in [6.45, 7) is 2.68. The first kappa shape index (κ1) is 14.3. The number of aromatic nitrogens is 1. The first-order chi connectivity index (χ1) is 8.69. The van der Waals surface area contributed by atoms with Crippen molar-refractivity contribution in [2.24, 2.45) is 5.73 Å². The summed E-state index contributed by atoms with van der Waals surface area (Å²) in [6.07, 6.45) is 4.39. The Labute approximate surface area is 107 Å². The number of nitrogens with two attached hydrogens (primary N) is 1. The van der Waals surface area contributed by atoms with Crippen molar-refractivity contribution in [1.82, 2.24) is 4.98 Å². The topological polar surface area (TPSA) is 74.4 Å². The second kappa shape index (κ2) is 7.53. The van der Waals surface area contributed by atoms with Crippen LogP contribution in [0.3, 0.4) is 0 Å². The zero-order chi connectivity index (χ0) is 13.4. The molecule has 0 saturated heterocycles. The Morgan fingerprint density at radius 2 is 2.11 bits per heavy atom. The molecule has 1 heterocycles. The molecule has 18 heavy (non-hydrogen) atoms. The van der Waals surface area contributed by atoms with Crippen LogP contribution in [0.5, 0.6) is 11.8 Å². The Hall–Kier alpha value is -1.78. The highest BCUT2D eigenvalue weighted by Crippen LogP contribution is 2.19. The van der Waals surface area contributed by atoms with Gasteiger partial charge in [0.25, 0.3) is 5.91 Å². The second-order valence-electron chi connectivity index (χ2n) is 3.98. The van der Waals surface area contributed by atoms with Crippen molar-refractivity contribution >= 4 is 5.91 Å². The molecule has 5 nitrogen and oxygen atoms in total. The van der Waals surface area contributed by atoms with Gasteiger partial charge in [-0.3, -0.25) is 4.79 Å². The van der Waals surface area contributed by atoms with Gasteiger partial charge in [0.2, 0.25) is 11.8 Å². The summed E-state index contributed by atoms with van der Waals surface area (Å²) in [5, 5.41) is 0. The van der Waals surface area contributed by atoms with Gasteiger partial charge in [0.1, 0.15) is 5.56 Å². The minimum atomic E-state index is -0.547. The highest BCUT2D eigenvalue weighted by atomic mass is 16.5. The molecule has 0 aliphatic rings. The SMILES string of the molecule is CCCCCCOc1nc(OC)ccc1C(N)=O. The number of carbonyl (C=O) groups is 1. The maximum atomic E-state index is 11.2. The van der Waals surface area contributed by atoms with Crippen LogP contribution in [0.4, 0.5) is 0 Å². The lowest BCUT2D eigenvalue weighted by Gasteiger charge is -2.09. The summed E-state index contributed by atoms with van der Waals surface area (Å²) >= 11 is 0. The standard InChI is InChI=1S/C13H20N2O3/c1-3-4-5-6-9-18-13-10(12(14)16)7-8-11(15-13)17-2/h7-8H,3-6,9H2,1-2H3,(H2,14,16). The minimum absolute atomic E-state index is 0.248. The predicted molar refractivity (Wildman–Crippen MR) is 68.9 cm³/mol. The van der Waals surface area contributed by atoms with Gasteiger partial charge >= 0.3 is 0 Å². The average Bonchev–Trinajstić information content (AvgIpc) is 2.38. The lowest BCUT2D eigenvalue weighted by Crippen LogP contribution is -2.14. The molecule has 1 aromatic rings. The number of unbranched alkanes of at least 4 members (excludes halogenated alkanes) is 3. The normalized spacial score (nSPS) is 10.1. The maximum Gasteiger partial charge on any atom is 0.254 e. The monoisotopic (exact) mass is 252 g/mol. The Morgan fingerprint density at radius 1 is 1.33 bits per heavy atom. The summed E-state index contributed by atoms with van der Waals surface area (Å²) in [7, 11) is 1.51. The molecule has 5 heteroatoms. The van der Waals surface area contributed by atoms with Gasteiger partial charge in [-0.2, -0.15) is 4.98 Å². The van der Waals surface area contributed by atoms with Gasteiger partial charge in [0.15, 0.2) is 0 Å². The largest absolute Gasteiger partial charge is 0.481 e. The molecule has 1 rings (SSSR count). The number of ether oxygens (including phenoxy) is 2. The molecule has 0 unspecified atom stereocenters. The summed E-state index contributed by atoms with van der Waals surface area (Å²) < 4.78 is 10.5.